The number of nitrogens with two attached hydrogens (primary N) is 1. The van der Waals surface area contributed by atoms with E-state index in [2.05, 4.69) is 4.98 Å². The number of thiazole rings is 1. The summed E-state index contributed by atoms with van der Waals surface area (Å²) in [6.45, 7) is 3.40. The highest BCUT2D eigenvalue weighted by Gasteiger charge is 2.30. The number of nitrogen functional groups attached to an aromatic ring is 1. The molecule has 1 saturated carbocycles. The molecule has 2 aromatic carbocycles. The smallest absolute Gasteiger partial charge is 0.274 e. The van der Waals surface area contributed by atoms with E-state index in [0.29, 0.717) is 34.8 Å². The molecular formula is C25H29N3O3S. The molecule has 1 fully saturated rings. The Bertz CT molecular complexity index is 1090. The first kappa shape index (κ1) is 22.1. The van der Waals surface area contributed by atoms with E-state index in [1.165, 1.54) is 29.7 Å². The van der Waals surface area contributed by atoms with Crippen molar-refractivity contribution in [3.63, 3.8) is 0 Å². The number of carbonyl (C=O) groups is 1. The Hall–Kier alpha value is -3.06. The molecule has 0 bridgehead atoms. The minimum Gasteiger partial charge on any atom is -0.493 e. The zero-order valence-electron chi connectivity index (χ0n) is 18.8. The highest BCUT2D eigenvalue weighted by Crippen LogP contribution is 2.35. The maximum Gasteiger partial charge on any atom is 0.274 e. The van der Waals surface area contributed by atoms with Gasteiger partial charge in [-0.2, -0.15) is 0 Å². The van der Waals surface area contributed by atoms with Crippen LogP contribution in [0.15, 0.2) is 42.5 Å². The van der Waals surface area contributed by atoms with E-state index < -0.39 is 0 Å². The molecule has 0 radical (unpaired) electrons. The molecule has 4 rings (SSSR count). The van der Waals surface area contributed by atoms with Gasteiger partial charge in [0.05, 0.1) is 19.1 Å². The SMILES string of the molecule is COc1ccc(CCN(CC2CC2)C(=O)c2nc(N)sc2-c2ccc(C)cc2)cc1OC. The zero-order chi connectivity index (χ0) is 22.7. The number of rotatable bonds is 9. The van der Waals surface area contributed by atoms with Gasteiger partial charge in [0, 0.05) is 13.1 Å². The Morgan fingerprint density at radius 1 is 1.12 bits per heavy atom. The molecule has 1 aliphatic rings. The third kappa shape index (κ3) is 5.05. The van der Waals surface area contributed by atoms with E-state index in [0.717, 1.165) is 29.0 Å². The summed E-state index contributed by atoms with van der Waals surface area (Å²) in [5, 5.41) is 0.412. The number of aryl methyl sites for hydroxylation is 1. The molecule has 6 nitrogen and oxygen atoms in total. The summed E-state index contributed by atoms with van der Waals surface area (Å²) in [4.78, 5) is 20.8. The highest BCUT2D eigenvalue weighted by molar-refractivity contribution is 7.19. The van der Waals surface area contributed by atoms with Crippen LogP contribution in [0, 0.1) is 12.8 Å². The Labute approximate surface area is 193 Å². The van der Waals surface area contributed by atoms with Crippen molar-refractivity contribution < 1.29 is 14.3 Å². The van der Waals surface area contributed by atoms with Gasteiger partial charge in [0.2, 0.25) is 0 Å². The van der Waals surface area contributed by atoms with Gasteiger partial charge in [0.25, 0.3) is 5.91 Å². The predicted molar refractivity (Wildman–Crippen MR) is 129 cm³/mol. The molecule has 0 aliphatic heterocycles. The van der Waals surface area contributed by atoms with Gasteiger partial charge in [0.15, 0.2) is 16.6 Å². The largest absolute Gasteiger partial charge is 0.493 e. The fourth-order valence-corrected chi connectivity index (χ4v) is 4.55. The van der Waals surface area contributed by atoms with Crippen molar-refractivity contribution >= 4 is 22.4 Å². The van der Waals surface area contributed by atoms with Gasteiger partial charge < -0.3 is 20.1 Å². The number of nitrogens with zero attached hydrogens (tertiary/aromatic N) is 2. The maximum atomic E-state index is 13.6. The zero-order valence-corrected chi connectivity index (χ0v) is 19.6. The fraction of sp³-hybridized carbons (Fsp3) is 0.360. The lowest BCUT2D eigenvalue weighted by Crippen LogP contribution is -2.35. The summed E-state index contributed by atoms with van der Waals surface area (Å²) >= 11 is 1.37. The van der Waals surface area contributed by atoms with Gasteiger partial charge in [-0.05, 0) is 55.4 Å². The summed E-state index contributed by atoms with van der Waals surface area (Å²) in [6, 6.07) is 14.0. The summed E-state index contributed by atoms with van der Waals surface area (Å²) < 4.78 is 10.8. The number of amides is 1. The maximum absolute atomic E-state index is 13.6. The van der Waals surface area contributed by atoms with Crippen LogP contribution in [0.3, 0.4) is 0 Å². The molecule has 1 aromatic heterocycles. The van der Waals surface area contributed by atoms with Gasteiger partial charge >= 0.3 is 0 Å². The van der Waals surface area contributed by atoms with Crippen molar-refractivity contribution in [2.24, 2.45) is 5.92 Å². The predicted octanol–water partition coefficient (Wildman–Crippen LogP) is 4.81. The van der Waals surface area contributed by atoms with Gasteiger partial charge in [-0.1, -0.05) is 47.2 Å². The normalized spacial score (nSPS) is 13.1. The first-order chi connectivity index (χ1) is 15.5. The average Bonchev–Trinajstić information content (AvgIpc) is 3.55. The van der Waals surface area contributed by atoms with Crippen LogP contribution in [0.2, 0.25) is 0 Å². The van der Waals surface area contributed by atoms with Crippen LogP contribution in [0.5, 0.6) is 11.5 Å². The van der Waals surface area contributed by atoms with Crippen molar-refractivity contribution in [3.05, 3.63) is 59.3 Å². The molecule has 0 atom stereocenters. The number of methoxy groups -OCH3 is 2. The van der Waals surface area contributed by atoms with Crippen LogP contribution in [0.25, 0.3) is 10.4 Å². The Morgan fingerprint density at radius 2 is 1.84 bits per heavy atom. The number of carbonyl (C=O) groups excluding carboxylic acids is 1. The highest BCUT2D eigenvalue weighted by atomic mass is 32.1. The molecule has 0 saturated heterocycles. The first-order valence-electron chi connectivity index (χ1n) is 10.8. The molecular weight excluding hydrogens is 422 g/mol. The lowest BCUT2D eigenvalue weighted by molar-refractivity contribution is 0.0745. The van der Waals surface area contributed by atoms with Gasteiger partial charge in [-0.3, -0.25) is 4.79 Å². The van der Waals surface area contributed by atoms with Gasteiger partial charge in [-0.25, -0.2) is 4.98 Å². The second-order valence-electron chi connectivity index (χ2n) is 8.23. The number of hydrogen-bond donors (Lipinski definition) is 1. The Balaban J connectivity index is 1.56. The molecule has 0 unspecified atom stereocenters. The number of anilines is 1. The first-order valence-corrected chi connectivity index (χ1v) is 11.6. The van der Waals surface area contributed by atoms with Crippen molar-refractivity contribution in [2.75, 3.05) is 33.0 Å². The van der Waals surface area contributed by atoms with Crippen molar-refractivity contribution in [2.45, 2.75) is 26.2 Å². The molecule has 1 amide bonds. The van der Waals surface area contributed by atoms with E-state index in [9.17, 15) is 4.79 Å². The third-order valence-corrected chi connectivity index (χ3v) is 6.67. The number of hydrogen-bond acceptors (Lipinski definition) is 6. The van der Waals surface area contributed by atoms with E-state index >= 15 is 0 Å². The van der Waals surface area contributed by atoms with Crippen molar-refractivity contribution in [3.8, 4) is 21.9 Å². The summed E-state index contributed by atoms with van der Waals surface area (Å²) in [6.07, 6.45) is 3.06. The quantitative estimate of drug-likeness (QED) is 0.505. The van der Waals surface area contributed by atoms with E-state index in [1.807, 2.05) is 54.3 Å². The summed E-state index contributed by atoms with van der Waals surface area (Å²) in [5.41, 5.74) is 9.71. The van der Waals surface area contributed by atoms with Crippen molar-refractivity contribution in [1.82, 2.24) is 9.88 Å². The molecule has 3 aromatic rings. The topological polar surface area (TPSA) is 77.7 Å². The lowest BCUT2D eigenvalue weighted by atomic mass is 10.1. The minimum absolute atomic E-state index is 0.0547. The summed E-state index contributed by atoms with van der Waals surface area (Å²) in [5.74, 6) is 1.91. The Kier molecular flexibility index (Phi) is 6.65. The molecule has 32 heavy (non-hydrogen) atoms. The van der Waals surface area contributed by atoms with Crippen LogP contribution in [0.1, 0.15) is 34.5 Å². The average molecular weight is 452 g/mol. The molecule has 0 spiro atoms. The molecule has 1 aliphatic carbocycles. The van der Waals surface area contributed by atoms with Crippen LogP contribution in [-0.2, 0) is 6.42 Å². The lowest BCUT2D eigenvalue weighted by Gasteiger charge is -2.23. The Morgan fingerprint density at radius 3 is 2.50 bits per heavy atom. The van der Waals surface area contributed by atoms with Gasteiger partial charge in [-0.15, -0.1) is 0 Å². The van der Waals surface area contributed by atoms with Crippen LogP contribution < -0.4 is 15.2 Å². The van der Waals surface area contributed by atoms with Crippen molar-refractivity contribution in [1.29, 1.82) is 0 Å². The van der Waals surface area contributed by atoms with Crippen LogP contribution in [-0.4, -0.2) is 43.1 Å². The molecule has 2 N–H and O–H groups in total. The standard InChI is InChI=1S/C25H29N3O3S/c1-16-4-9-19(10-5-16)23-22(27-25(26)32-23)24(29)28(15-18-6-7-18)13-12-17-8-11-20(30-2)21(14-17)31-3/h4-5,8-11,14,18H,6-7,12-13,15H2,1-3H3,(H2,26,27). The summed E-state index contributed by atoms with van der Waals surface area (Å²) in [7, 11) is 3.25. The van der Waals surface area contributed by atoms with E-state index in [4.69, 9.17) is 15.2 Å². The molecule has 7 heteroatoms. The molecule has 1 heterocycles. The number of benzene rings is 2. The number of ether oxygens (including phenoxy) is 2. The second-order valence-corrected chi connectivity index (χ2v) is 9.26. The van der Waals surface area contributed by atoms with Crippen LogP contribution in [0.4, 0.5) is 5.13 Å². The minimum atomic E-state index is -0.0547. The number of aromatic nitrogens is 1. The fourth-order valence-electron chi connectivity index (χ4n) is 3.72. The van der Waals surface area contributed by atoms with E-state index in [1.54, 1.807) is 14.2 Å². The van der Waals surface area contributed by atoms with Gasteiger partial charge in [0.1, 0.15) is 5.69 Å². The molecule has 168 valence electrons. The van der Waals surface area contributed by atoms with E-state index in [-0.39, 0.29) is 5.91 Å². The third-order valence-electron chi connectivity index (χ3n) is 5.74. The monoisotopic (exact) mass is 451 g/mol. The second kappa shape index (κ2) is 9.61. The van der Waals surface area contributed by atoms with Crippen LogP contribution >= 0.6 is 11.3 Å².